The zero-order chi connectivity index (χ0) is 24.0. The van der Waals surface area contributed by atoms with Crippen molar-refractivity contribution in [2.75, 3.05) is 12.3 Å². The predicted molar refractivity (Wildman–Crippen MR) is 118 cm³/mol. The number of imidazole rings is 1. The van der Waals surface area contributed by atoms with Crippen molar-refractivity contribution in [2.24, 2.45) is 5.41 Å². The summed E-state index contributed by atoms with van der Waals surface area (Å²) in [5.74, 6) is 5.39. The maximum absolute atomic E-state index is 12.2. The summed E-state index contributed by atoms with van der Waals surface area (Å²) in [6.07, 6.45) is -0.820. The number of nitrogens with zero attached hydrogens (tertiary/aromatic N) is 4. The SMILES string of the molecule is CCNC(=O)[C@H]1O[C@@H](n2cnc3c(N)nc(C#C[C@]4(O)CCCC(C)(C)C4)nc32)[C@@H](O)[C@H]1O. The number of hydrogen-bond donors (Lipinski definition) is 5. The van der Waals surface area contributed by atoms with Crippen molar-refractivity contribution in [3.05, 3.63) is 12.2 Å². The molecule has 1 aliphatic heterocycles. The number of carbonyl (C=O) groups excluding carboxylic acids is 1. The summed E-state index contributed by atoms with van der Waals surface area (Å²) in [4.78, 5) is 25.0. The maximum atomic E-state index is 12.2. The standard InChI is InChI=1S/C22H30N6O5/c1-4-24-19(31)16-14(29)15(30)20(33-16)28-11-25-13-17(23)26-12(27-18(13)28)6-9-22(32)8-5-7-21(2,3)10-22/h11,14-16,20,29-30,32H,4-5,7-8,10H2,1-3H3,(H,24,31)(H2,23,26,27)/t14-,15+,16+,20-,22-/m1/s1. The molecule has 3 heterocycles. The molecule has 1 aliphatic carbocycles. The Morgan fingerprint density at radius 2 is 2.09 bits per heavy atom. The van der Waals surface area contributed by atoms with Gasteiger partial charge in [0, 0.05) is 6.54 Å². The highest BCUT2D eigenvalue weighted by atomic mass is 16.6. The highest BCUT2D eigenvalue weighted by Crippen LogP contribution is 2.40. The molecule has 2 aromatic rings. The van der Waals surface area contributed by atoms with Gasteiger partial charge in [0.1, 0.15) is 23.3 Å². The van der Waals surface area contributed by atoms with E-state index in [9.17, 15) is 20.1 Å². The van der Waals surface area contributed by atoms with Crippen LogP contribution in [-0.2, 0) is 9.53 Å². The molecular formula is C22H30N6O5. The van der Waals surface area contributed by atoms with Crippen LogP contribution in [0.3, 0.4) is 0 Å². The number of nitrogens with one attached hydrogen (secondary N) is 1. The number of fused-ring (bicyclic) bond motifs is 1. The van der Waals surface area contributed by atoms with Gasteiger partial charge in [-0.25, -0.2) is 15.0 Å². The van der Waals surface area contributed by atoms with Gasteiger partial charge in [0.05, 0.1) is 6.33 Å². The molecule has 5 atom stereocenters. The van der Waals surface area contributed by atoms with Gasteiger partial charge < -0.3 is 31.1 Å². The number of rotatable bonds is 3. The molecule has 2 aromatic heterocycles. The molecule has 0 radical (unpaired) electrons. The summed E-state index contributed by atoms with van der Waals surface area (Å²) in [5.41, 5.74) is 5.41. The van der Waals surface area contributed by atoms with Crippen LogP contribution >= 0.6 is 0 Å². The highest BCUT2D eigenvalue weighted by Gasteiger charge is 2.47. The maximum Gasteiger partial charge on any atom is 0.252 e. The predicted octanol–water partition coefficient (Wildman–Crippen LogP) is -0.153. The molecule has 2 aliphatic rings. The van der Waals surface area contributed by atoms with E-state index in [0.29, 0.717) is 19.4 Å². The molecule has 11 nitrogen and oxygen atoms in total. The van der Waals surface area contributed by atoms with Crippen molar-refractivity contribution in [3.8, 4) is 11.8 Å². The van der Waals surface area contributed by atoms with Crippen molar-refractivity contribution in [3.63, 3.8) is 0 Å². The molecule has 0 unspecified atom stereocenters. The summed E-state index contributed by atoms with van der Waals surface area (Å²) in [6.45, 7) is 6.31. The largest absolute Gasteiger partial charge is 0.387 e. The number of anilines is 1. The van der Waals surface area contributed by atoms with Crippen LogP contribution in [0.1, 0.15) is 58.5 Å². The van der Waals surface area contributed by atoms with Gasteiger partial charge in [0.15, 0.2) is 23.8 Å². The van der Waals surface area contributed by atoms with Crippen molar-refractivity contribution < 1.29 is 24.9 Å². The van der Waals surface area contributed by atoms with E-state index in [4.69, 9.17) is 10.5 Å². The Bertz CT molecular complexity index is 1120. The van der Waals surface area contributed by atoms with E-state index in [1.54, 1.807) is 6.92 Å². The number of amides is 1. The molecule has 1 saturated carbocycles. The van der Waals surface area contributed by atoms with Gasteiger partial charge in [-0.2, -0.15) is 0 Å². The minimum atomic E-state index is -1.43. The highest BCUT2D eigenvalue weighted by molar-refractivity contribution is 5.83. The number of hydrogen-bond acceptors (Lipinski definition) is 9. The fourth-order valence-corrected chi connectivity index (χ4v) is 4.67. The lowest BCUT2D eigenvalue weighted by molar-refractivity contribution is -0.137. The molecule has 1 saturated heterocycles. The summed E-state index contributed by atoms with van der Waals surface area (Å²) < 4.78 is 7.05. The first kappa shape index (κ1) is 23.4. The van der Waals surface area contributed by atoms with Crippen LogP contribution in [-0.4, -0.2) is 71.2 Å². The van der Waals surface area contributed by atoms with E-state index in [0.717, 1.165) is 12.8 Å². The number of nitrogens with two attached hydrogens (primary N) is 1. The Morgan fingerprint density at radius 1 is 1.33 bits per heavy atom. The molecule has 4 rings (SSSR count). The Morgan fingerprint density at radius 3 is 2.79 bits per heavy atom. The van der Waals surface area contributed by atoms with Gasteiger partial charge in [-0.05, 0) is 43.9 Å². The first-order valence-electron chi connectivity index (χ1n) is 11.1. The van der Waals surface area contributed by atoms with Crippen LogP contribution in [0, 0.1) is 17.3 Å². The number of carbonyl (C=O) groups is 1. The third-order valence-electron chi connectivity index (χ3n) is 6.19. The number of aliphatic hydroxyl groups is 3. The molecule has 0 aromatic carbocycles. The quantitative estimate of drug-likeness (QED) is 0.393. The topological polar surface area (TPSA) is 169 Å². The fourth-order valence-electron chi connectivity index (χ4n) is 4.67. The summed E-state index contributed by atoms with van der Waals surface area (Å²) in [5, 5.41) is 34.4. The summed E-state index contributed by atoms with van der Waals surface area (Å²) in [7, 11) is 0. The van der Waals surface area contributed by atoms with E-state index in [1.165, 1.54) is 10.9 Å². The second-order valence-corrected chi connectivity index (χ2v) is 9.56. The molecule has 0 bridgehead atoms. The molecule has 2 fully saturated rings. The zero-order valence-corrected chi connectivity index (χ0v) is 18.9. The van der Waals surface area contributed by atoms with E-state index >= 15 is 0 Å². The lowest BCUT2D eigenvalue weighted by atomic mass is 9.70. The van der Waals surface area contributed by atoms with Gasteiger partial charge in [0.2, 0.25) is 5.82 Å². The number of nitrogen functional groups attached to an aromatic ring is 1. The van der Waals surface area contributed by atoms with Crippen molar-refractivity contribution >= 4 is 22.9 Å². The van der Waals surface area contributed by atoms with Crippen LogP contribution in [0.2, 0.25) is 0 Å². The van der Waals surface area contributed by atoms with Crippen molar-refractivity contribution in [2.45, 2.75) is 76.6 Å². The molecule has 0 spiro atoms. The van der Waals surface area contributed by atoms with Crippen molar-refractivity contribution in [1.82, 2.24) is 24.8 Å². The first-order valence-corrected chi connectivity index (χ1v) is 11.1. The molecule has 6 N–H and O–H groups in total. The average molecular weight is 459 g/mol. The van der Waals surface area contributed by atoms with Crippen LogP contribution in [0.4, 0.5) is 5.82 Å². The van der Waals surface area contributed by atoms with Gasteiger partial charge >= 0.3 is 0 Å². The summed E-state index contributed by atoms with van der Waals surface area (Å²) >= 11 is 0. The van der Waals surface area contributed by atoms with E-state index in [1.807, 2.05) is 0 Å². The Balaban J connectivity index is 1.66. The van der Waals surface area contributed by atoms with E-state index < -0.39 is 36.0 Å². The normalized spacial score (nSPS) is 31.2. The second kappa shape index (κ2) is 8.53. The monoisotopic (exact) mass is 458 g/mol. The number of aromatic nitrogens is 4. The van der Waals surface area contributed by atoms with E-state index in [2.05, 4.69) is 46.0 Å². The molecule has 33 heavy (non-hydrogen) atoms. The minimum Gasteiger partial charge on any atom is -0.387 e. The Hall–Kier alpha value is -2.78. The third-order valence-corrected chi connectivity index (χ3v) is 6.19. The Labute approximate surface area is 191 Å². The third kappa shape index (κ3) is 4.52. The van der Waals surface area contributed by atoms with Crippen LogP contribution in [0.25, 0.3) is 11.2 Å². The molecular weight excluding hydrogens is 428 g/mol. The lowest BCUT2D eigenvalue weighted by Gasteiger charge is -2.38. The average Bonchev–Trinajstić information content (AvgIpc) is 3.27. The zero-order valence-electron chi connectivity index (χ0n) is 18.9. The molecule has 1 amide bonds. The number of likely N-dealkylation sites (N-methyl/N-ethyl adjacent to an activating group) is 1. The van der Waals surface area contributed by atoms with Gasteiger partial charge in [-0.3, -0.25) is 9.36 Å². The Kier molecular flexibility index (Phi) is 6.05. The van der Waals surface area contributed by atoms with Gasteiger partial charge in [0.25, 0.3) is 5.91 Å². The molecule has 178 valence electrons. The van der Waals surface area contributed by atoms with Crippen LogP contribution in [0.5, 0.6) is 0 Å². The fraction of sp³-hybridized carbons (Fsp3) is 0.636. The van der Waals surface area contributed by atoms with Crippen LogP contribution in [0.15, 0.2) is 6.33 Å². The van der Waals surface area contributed by atoms with Gasteiger partial charge in [-0.1, -0.05) is 19.8 Å². The summed E-state index contributed by atoms with van der Waals surface area (Å²) in [6, 6.07) is 0. The van der Waals surface area contributed by atoms with Crippen LogP contribution < -0.4 is 11.1 Å². The number of ether oxygens (including phenoxy) is 1. The molecule has 11 heteroatoms. The van der Waals surface area contributed by atoms with Crippen molar-refractivity contribution in [1.29, 1.82) is 0 Å². The van der Waals surface area contributed by atoms with E-state index in [-0.39, 0.29) is 28.2 Å². The minimum absolute atomic E-state index is 0.0124. The van der Waals surface area contributed by atoms with Gasteiger partial charge in [-0.15, -0.1) is 0 Å². The first-order chi connectivity index (χ1) is 15.5. The second-order valence-electron chi connectivity index (χ2n) is 9.56. The lowest BCUT2D eigenvalue weighted by Crippen LogP contribution is -2.42. The number of aliphatic hydroxyl groups excluding tert-OH is 2. The smallest absolute Gasteiger partial charge is 0.252 e.